The van der Waals surface area contributed by atoms with Crippen LogP contribution in [0.15, 0.2) is 22.7 Å². The van der Waals surface area contributed by atoms with Crippen LogP contribution in [0.3, 0.4) is 0 Å². The van der Waals surface area contributed by atoms with Crippen LogP contribution >= 0.6 is 15.9 Å². The van der Waals surface area contributed by atoms with Gasteiger partial charge in [0.15, 0.2) is 0 Å². The van der Waals surface area contributed by atoms with E-state index in [1.807, 2.05) is 13.0 Å². The molecule has 0 aliphatic heterocycles. The van der Waals surface area contributed by atoms with Crippen molar-refractivity contribution >= 4 is 21.8 Å². The maximum absolute atomic E-state index is 11.9. The first-order chi connectivity index (χ1) is 7.35. The first kappa shape index (κ1) is 12.8. The van der Waals surface area contributed by atoms with Gasteiger partial charge in [-0.15, -0.1) is 6.42 Å². The lowest BCUT2D eigenvalue weighted by Crippen LogP contribution is -2.42. The summed E-state index contributed by atoms with van der Waals surface area (Å²) in [5.41, 5.74) is 1.06. The molecule has 0 aliphatic rings. The van der Waals surface area contributed by atoms with Crippen LogP contribution in [0.1, 0.15) is 29.8 Å². The van der Waals surface area contributed by atoms with Gasteiger partial charge in [-0.25, -0.2) is 0 Å². The number of carbonyl (C=O) groups excluding carboxylic acids is 1. The van der Waals surface area contributed by atoms with Crippen molar-refractivity contribution in [2.24, 2.45) is 0 Å². The van der Waals surface area contributed by atoms with E-state index in [9.17, 15) is 4.79 Å². The monoisotopic (exact) mass is 279 g/mol. The Morgan fingerprint density at radius 1 is 1.50 bits per heavy atom. The zero-order chi connectivity index (χ0) is 12.3. The molecule has 16 heavy (non-hydrogen) atoms. The highest BCUT2D eigenvalue weighted by Crippen LogP contribution is 2.17. The number of hydrogen-bond donors (Lipinski definition) is 1. The molecular formula is C13H14BrNO. The van der Waals surface area contributed by atoms with Crippen molar-refractivity contribution in [3.05, 3.63) is 33.8 Å². The molecule has 0 aliphatic carbocycles. The molecule has 1 aromatic rings. The van der Waals surface area contributed by atoms with E-state index in [1.54, 1.807) is 26.0 Å². The summed E-state index contributed by atoms with van der Waals surface area (Å²) in [5, 5.41) is 2.77. The van der Waals surface area contributed by atoms with Gasteiger partial charge < -0.3 is 5.32 Å². The molecule has 0 fully saturated rings. The molecule has 0 saturated carbocycles. The Balaban J connectivity index is 2.91. The third-order valence-electron chi connectivity index (χ3n) is 2.22. The Morgan fingerprint density at radius 2 is 2.12 bits per heavy atom. The van der Waals surface area contributed by atoms with E-state index in [0.717, 1.165) is 10.0 Å². The van der Waals surface area contributed by atoms with E-state index in [1.165, 1.54) is 0 Å². The van der Waals surface area contributed by atoms with E-state index >= 15 is 0 Å². The van der Waals surface area contributed by atoms with Gasteiger partial charge in [-0.3, -0.25) is 4.79 Å². The summed E-state index contributed by atoms with van der Waals surface area (Å²) in [6.45, 7) is 5.54. The number of terminal acetylenes is 1. The number of halogens is 1. The molecule has 0 heterocycles. The number of hydrogen-bond acceptors (Lipinski definition) is 1. The predicted octanol–water partition coefficient (Wildman–Crippen LogP) is 2.90. The van der Waals surface area contributed by atoms with Crippen LogP contribution in [0.4, 0.5) is 0 Å². The van der Waals surface area contributed by atoms with Crippen LogP contribution in [0.25, 0.3) is 0 Å². The Bertz CT molecular complexity index is 457. The first-order valence-corrected chi connectivity index (χ1v) is 5.71. The molecule has 1 rings (SSSR count). The van der Waals surface area contributed by atoms with Gasteiger partial charge in [0.2, 0.25) is 0 Å². The molecule has 0 saturated heterocycles. The second-order valence-electron chi connectivity index (χ2n) is 4.19. The standard InChI is InChI=1S/C13H14BrNO/c1-5-13(3,4)15-12(16)10-7-6-9(2)11(14)8-10/h1,6-8H,2-4H3,(H,15,16). The SMILES string of the molecule is C#CC(C)(C)NC(=O)c1ccc(C)c(Br)c1. The molecule has 3 heteroatoms. The van der Waals surface area contributed by atoms with E-state index < -0.39 is 5.54 Å². The third-order valence-corrected chi connectivity index (χ3v) is 3.08. The fourth-order valence-corrected chi connectivity index (χ4v) is 1.50. The quantitative estimate of drug-likeness (QED) is 0.829. The summed E-state index contributed by atoms with van der Waals surface area (Å²) in [6.07, 6.45) is 5.31. The van der Waals surface area contributed by atoms with Crippen LogP contribution in [0.2, 0.25) is 0 Å². The fraction of sp³-hybridized carbons (Fsp3) is 0.308. The summed E-state index contributed by atoms with van der Waals surface area (Å²) >= 11 is 3.39. The Morgan fingerprint density at radius 3 is 2.62 bits per heavy atom. The molecule has 0 unspecified atom stereocenters. The van der Waals surface area contributed by atoms with Crippen LogP contribution in [0, 0.1) is 19.3 Å². The maximum Gasteiger partial charge on any atom is 0.252 e. The number of benzene rings is 1. The molecule has 1 N–H and O–H groups in total. The molecule has 1 aromatic carbocycles. The van der Waals surface area contributed by atoms with Crippen molar-refractivity contribution in [1.82, 2.24) is 5.32 Å². The molecule has 1 amide bonds. The zero-order valence-corrected chi connectivity index (χ0v) is 11.2. The maximum atomic E-state index is 11.9. The minimum Gasteiger partial charge on any atom is -0.336 e. The van der Waals surface area contributed by atoms with Gasteiger partial charge in [0.1, 0.15) is 0 Å². The zero-order valence-electron chi connectivity index (χ0n) is 9.60. The summed E-state index contributed by atoms with van der Waals surface area (Å²) in [6, 6.07) is 5.46. The predicted molar refractivity (Wildman–Crippen MR) is 69.3 cm³/mol. The highest BCUT2D eigenvalue weighted by molar-refractivity contribution is 9.10. The Hall–Kier alpha value is -1.27. The molecule has 0 aromatic heterocycles. The van der Waals surface area contributed by atoms with Gasteiger partial charge >= 0.3 is 0 Å². The molecule has 84 valence electrons. The van der Waals surface area contributed by atoms with Gasteiger partial charge in [0.25, 0.3) is 5.91 Å². The highest BCUT2D eigenvalue weighted by atomic mass is 79.9. The normalized spacial score (nSPS) is 10.7. The first-order valence-electron chi connectivity index (χ1n) is 4.92. The average Bonchev–Trinajstić information content (AvgIpc) is 2.21. The lowest BCUT2D eigenvalue weighted by Gasteiger charge is -2.19. The lowest BCUT2D eigenvalue weighted by atomic mass is 10.1. The molecule has 0 atom stereocenters. The van der Waals surface area contributed by atoms with Crippen LogP contribution < -0.4 is 5.32 Å². The van der Waals surface area contributed by atoms with Crippen molar-refractivity contribution in [2.75, 3.05) is 0 Å². The summed E-state index contributed by atoms with van der Waals surface area (Å²) in [5.74, 6) is 2.36. The molecular weight excluding hydrogens is 266 g/mol. The van der Waals surface area contributed by atoms with Crippen LogP contribution in [0.5, 0.6) is 0 Å². The summed E-state index contributed by atoms with van der Waals surface area (Å²) in [7, 11) is 0. The molecule has 2 nitrogen and oxygen atoms in total. The van der Waals surface area contributed by atoms with Gasteiger partial charge in [0, 0.05) is 10.0 Å². The Labute approximate surface area is 105 Å². The smallest absolute Gasteiger partial charge is 0.252 e. The third kappa shape index (κ3) is 3.11. The van der Waals surface area contributed by atoms with E-state index in [4.69, 9.17) is 6.42 Å². The minimum absolute atomic E-state index is 0.163. The fourth-order valence-electron chi connectivity index (χ4n) is 1.13. The number of nitrogens with one attached hydrogen (secondary N) is 1. The second-order valence-corrected chi connectivity index (χ2v) is 5.04. The molecule has 0 spiro atoms. The highest BCUT2D eigenvalue weighted by Gasteiger charge is 2.18. The average molecular weight is 280 g/mol. The van der Waals surface area contributed by atoms with E-state index in [2.05, 4.69) is 27.2 Å². The lowest BCUT2D eigenvalue weighted by molar-refractivity contribution is 0.0930. The molecule has 0 radical (unpaired) electrons. The van der Waals surface area contributed by atoms with Crippen LogP contribution in [-0.2, 0) is 0 Å². The van der Waals surface area contributed by atoms with Crippen molar-refractivity contribution < 1.29 is 4.79 Å². The van der Waals surface area contributed by atoms with Gasteiger partial charge in [0.05, 0.1) is 5.54 Å². The minimum atomic E-state index is -0.631. The number of aryl methyl sites for hydroxylation is 1. The summed E-state index contributed by atoms with van der Waals surface area (Å²) < 4.78 is 0.915. The topological polar surface area (TPSA) is 29.1 Å². The van der Waals surface area contributed by atoms with Gasteiger partial charge in [-0.1, -0.05) is 27.9 Å². The van der Waals surface area contributed by atoms with E-state index in [-0.39, 0.29) is 5.91 Å². The van der Waals surface area contributed by atoms with Crippen molar-refractivity contribution in [3.63, 3.8) is 0 Å². The number of amides is 1. The number of carbonyl (C=O) groups is 1. The van der Waals surface area contributed by atoms with Crippen molar-refractivity contribution in [3.8, 4) is 12.3 Å². The van der Waals surface area contributed by atoms with Crippen LogP contribution in [-0.4, -0.2) is 11.4 Å². The van der Waals surface area contributed by atoms with E-state index in [0.29, 0.717) is 5.56 Å². The van der Waals surface area contributed by atoms with Gasteiger partial charge in [-0.05, 0) is 38.5 Å². The number of rotatable bonds is 2. The largest absolute Gasteiger partial charge is 0.336 e. The molecule has 0 bridgehead atoms. The summed E-state index contributed by atoms with van der Waals surface area (Å²) in [4.78, 5) is 11.9. The van der Waals surface area contributed by atoms with Crippen molar-refractivity contribution in [1.29, 1.82) is 0 Å². The second kappa shape index (κ2) is 4.71. The van der Waals surface area contributed by atoms with Gasteiger partial charge in [-0.2, -0.15) is 0 Å². The van der Waals surface area contributed by atoms with Crippen molar-refractivity contribution in [2.45, 2.75) is 26.3 Å². The Kier molecular flexibility index (Phi) is 3.77.